The summed E-state index contributed by atoms with van der Waals surface area (Å²) in [5.74, 6) is -0.270. The molecule has 0 bridgehead atoms. The van der Waals surface area contributed by atoms with Crippen molar-refractivity contribution in [1.82, 2.24) is 9.47 Å². The molecule has 0 aliphatic heterocycles. The first-order valence-electron chi connectivity index (χ1n) is 8.64. The van der Waals surface area contributed by atoms with Gasteiger partial charge in [0.25, 0.3) is 0 Å². The monoisotopic (exact) mass is 357 g/mol. The van der Waals surface area contributed by atoms with Crippen molar-refractivity contribution < 1.29 is 9.18 Å². The molecule has 140 valence electrons. The Labute approximate surface area is 155 Å². The lowest BCUT2D eigenvalue weighted by molar-refractivity contribution is -0.107. The second-order valence-corrected chi connectivity index (χ2v) is 5.86. The summed E-state index contributed by atoms with van der Waals surface area (Å²) < 4.78 is 15.0. The highest BCUT2D eigenvalue weighted by molar-refractivity contribution is 5.52. The van der Waals surface area contributed by atoms with Crippen LogP contribution in [0, 0.1) is 6.92 Å². The smallest absolute Gasteiger partial charge is 0.132 e. The molecular formula is C21H28FN3O. The molecule has 0 unspecified atom stereocenters. The van der Waals surface area contributed by atoms with E-state index < -0.39 is 0 Å². The van der Waals surface area contributed by atoms with Gasteiger partial charge >= 0.3 is 0 Å². The van der Waals surface area contributed by atoms with Crippen molar-refractivity contribution in [2.24, 2.45) is 12.0 Å². The van der Waals surface area contributed by atoms with Gasteiger partial charge in [-0.25, -0.2) is 9.38 Å². The van der Waals surface area contributed by atoms with E-state index in [2.05, 4.69) is 6.58 Å². The number of aryl methyl sites for hydroxylation is 1. The third-order valence-electron chi connectivity index (χ3n) is 3.96. The molecule has 0 aliphatic carbocycles. The summed E-state index contributed by atoms with van der Waals surface area (Å²) >= 11 is 0. The lowest BCUT2D eigenvalue weighted by atomic mass is 10.2. The molecule has 5 heteroatoms. The molecule has 26 heavy (non-hydrogen) atoms. The fourth-order valence-electron chi connectivity index (χ4n) is 2.35. The minimum Gasteiger partial charge on any atom is -0.366 e. The van der Waals surface area contributed by atoms with Gasteiger partial charge in [0.15, 0.2) is 0 Å². The van der Waals surface area contributed by atoms with Crippen LogP contribution in [0.25, 0.3) is 0 Å². The van der Waals surface area contributed by atoms with E-state index >= 15 is 0 Å². The number of nitrogens with zero attached hydrogens (tertiary/aromatic N) is 3. The first-order chi connectivity index (χ1) is 12.4. The van der Waals surface area contributed by atoms with Crippen molar-refractivity contribution in [3.05, 3.63) is 77.5 Å². The highest BCUT2D eigenvalue weighted by atomic mass is 19.1. The number of hydrogen-bond acceptors (Lipinski definition) is 3. The van der Waals surface area contributed by atoms with Crippen molar-refractivity contribution in [3.8, 4) is 0 Å². The third kappa shape index (κ3) is 6.67. The molecule has 0 spiro atoms. The van der Waals surface area contributed by atoms with Crippen molar-refractivity contribution in [3.63, 3.8) is 0 Å². The fraction of sp³-hybridized carbons (Fsp3) is 0.333. The van der Waals surface area contributed by atoms with Gasteiger partial charge in [-0.1, -0.05) is 18.7 Å². The van der Waals surface area contributed by atoms with Gasteiger partial charge in [-0.2, -0.15) is 0 Å². The molecular weight excluding hydrogens is 329 g/mol. The van der Waals surface area contributed by atoms with Gasteiger partial charge < -0.3 is 14.3 Å². The van der Waals surface area contributed by atoms with E-state index in [9.17, 15) is 9.18 Å². The van der Waals surface area contributed by atoms with Crippen molar-refractivity contribution >= 4 is 6.29 Å². The molecule has 0 radical (unpaired) electrons. The Balaban J connectivity index is 3.27. The largest absolute Gasteiger partial charge is 0.366 e. The van der Waals surface area contributed by atoms with Gasteiger partial charge in [0, 0.05) is 31.4 Å². The molecule has 0 saturated carbocycles. The van der Waals surface area contributed by atoms with Crippen molar-refractivity contribution in [2.75, 3.05) is 13.1 Å². The number of pyridine rings is 1. The molecule has 4 nitrogen and oxygen atoms in total. The molecule has 0 N–H and O–H groups in total. The molecule has 1 aromatic rings. The molecule has 0 aromatic carbocycles. The average Bonchev–Trinajstić information content (AvgIpc) is 2.62. The number of aromatic nitrogens is 1. The predicted molar refractivity (Wildman–Crippen MR) is 105 cm³/mol. The summed E-state index contributed by atoms with van der Waals surface area (Å²) in [4.78, 5) is 17.6. The molecule has 1 rings (SSSR count). The molecule has 0 amide bonds. The lowest BCUT2D eigenvalue weighted by Crippen LogP contribution is -2.26. The zero-order chi connectivity index (χ0) is 19.5. The lowest BCUT2D eigenvalue weighted by Gasteiger charge is -2.24. The van der Waals surface area contributed by atoms with Crippen LogP contribution in [0.3, 0.4) is 0 Å². The number of carbonyl (C=O) groups excluding carboxylic acids is 1. The molecule has 0 aliphatic rings. The Bertz CT molecular complexity index is 781. The van der Waals surface area contributed by atoms with Crippen LogP contribution in [0.1, 0.15) is 26.0 Å². The Kier molecular flexibility index (Phi) is 9.06. The normalized spacial score (nSPS) is 13.7. The predicted octanol–water partition coefficient (Wildman–Crippen LogP) is 3.97. The number of aldehydes is 1. The van der Waals surface area contributed by atoms with Gasteiger partial charge in [0.1, 0.15) is 11.8 Å². The van der Waals surface area contributed by atoms with E-state index in [1.807, 2.05) is 54.6 Å². The van der Waals surface area contributed by atoms with E-state index in [1.54, 1.807) is 12.2 Å². The second-order valence-electron chi connectivity index (χ2n) is 5.86. The van der Waals surface area contributed by atoms with Crippen LogP contribution >= 0.6 is 0 Å². The highest BCUT2D eigenvalue weighted by Gasteiger charge is 2.07. The van der Waals surface area contributed by atoms with Gasteiger partial charge in [-0.05, 0) is 51.1 Å². The van der Waals surface area contributed by atoms with Crippen LogP contribution < -0.4 is 5.49 Å². The van der Waals surface area contributed by atoms with Crippen LogP contribution in [-0.4, -0.2) is 28.8 Å². The van der Waals surface area contributed by atoms with Crippen LogP contribution in [0.15, 0.2) is 71.3 Å². The number of carbonyl (C=O) groups is 1. The number of likely N-dealkylation sites (N-methyl/N-ethyl adjacent to an activating group) is 1. The van der Waals surface area contributed by atoms with E-state index in [-0.39, 0.29) is 5.83 Å². The number of hydrogen-bond donors (Lipinski definition) is 0. The van der Waals surface area contributed by atoms with E-state index in [4.69, 9.17) is 4.99 Å². The zero-order valence-corrected chi connectivity index (χ0v) is 16.1. The van der Waals surface area contributed by atoms with Gasteiger partial charge in [0.05, 0.1) is 18.1 Å². The van der Waals surface area contributed by atoms with E-state index in [0.29, 0.717) is 19.5 Å². The van der Waals surface area contributed by atoms with Crippen molar-refractivity contribution in [2.45, 2.75) is 27.2 Å². The highest BCUT2D eigenvalue weighted by Crippen LogP contribution is 2.11. The Morgan fingerprint density at radius 2 is 2.12 bits per heavy atom. The third-order valence-corrected chi connectivity index (χ3v) is 3.96. The summed E-state index contributed by atoms with van der Waals surface area (Å²) in [6.07, 6.45) is 7.74. The minimum atomic E-state index is -0.270. The Morgan fingerprint density at radius 1 is 1.38 bits per heavy atom. The summed E-state index contributed by atoms with van der Waals surface area (Å²) in [5, 5.41) is 0. The molecule has 1 aromatic heterocycles. The topological polar surface area (TPSA) is 37.6 Å². The Hall–Kier alpha value is -2.69. The van der Waals surface area contributed by atoms with Crippen LogP contribution in [0.5, 0.6) is 0 Å². The SMILES string of the molecule is C=C/C(=C\C=C(/C)F)N(CC)C/C(=C/CC=O)N=c1cccc(C)n1C. The average molecular weight is 357 g/mol. The van der Waals surface area contributed by atoms with Crippen LogP contribution in [0.4, 0.5) is 4.39 Å². The maximum atomic E-state index is 13.1. The number of halogens is 1. The quantitative estimate of drug-likeness (QED) is 0.495. The Morgan fingerprint density at radius 3 is 2.69 bits per heavy atom. The first kappa shape index (κ1) is 21.4. The van der Waals surface area contributed by atoms with Gasteiger partial charge in [0.2, 0.25) is 0 Å². The summed E-state index contributed by atoms with van der Waals surface area (Å²) in [6, 6.07) is 5.89. The molecule has 0 saturated heterocycles. The van der Waals surface area contributed by atoms with E-state index in [0.717, 1.165) is 28.9 Å². The molecule has 1 heterocycles. The maximum absolute atomic E-state index is 13.1. The second kappa shape index (κ2) is 11.0. The summed E-state index contributed by atoms with van der Waals surface area (Å²) in [6.45, 7) is 10.4. The standard InChI is InChI=1S/C21H28FN3O/c1-6-20(14-13-17(3)22)25(7-2)16-19(11-9-15-26)23-21-12-8-10-18(4)24(21)5/h6,8,10-15H,1,7,9,16H2,2-5H3/b17-13+,19-11-,20-14+,23-21?. The van der Waals surface area contributed by atoms with Crippen molar-refractivity contribution in [1.29, 1.82) is 0 Å². The van der Waals surface area contributed by atoms with Crippen LogP contribution in [0.2, 0.25) is 0 Å². The van der Waals surface area contributed by atoms with Crippen LogP contribution in [-0.2, 0) is 11.8 Å². The van der Waals surface area contributed by atoms with Gasteiger partial charge in [-0.15, -0.1) is 0 Å². The van der Waals surface area contributed by atoms with Gasteiger partial charge in [-0.3, -0.25) is 0 Å². The maximum Gasteiger partial charge on any atom is 0.132 e. The zero-order valence-electron chi connectivity index (χ0n) is 16.1. The number of allylic oxidation sites excluding steroid dienone is 5. The fourth-order valence-corrected chi connectivity index (χ4v) is 2.35. The summed E-state index contributed by atoms with van der Waals surface area (Å²) in [7, 11) is 1.95. The molecule has 0 fully saturated rings. The summed E-state index contributed by atoms with van der Waals surface area (Å²) in [5.41, 5.74) is 3.46. The minimum absolute atomic E-state index is 0.270. The first-order valence-corrected chi connectivity index (χ1v) is 8.64. The van der Waals surface area contributed by atoms with E-state index in [1.165, 1.54) is 13.0 Å². The molecule has 0 atom stereocenters. The number of rotatable bonds is 9.